The number of carbonyl (C=O) groups is 1. The molecule has 28 heavy (non-hydrogen) atoms. The number of rotatable bonds is 4. The molecule has 0 fully saturated rings. The number of benzene rings is 2. The lowest BCUT2D eigenvalue weighted by Crippen LogP contribution is -2.09. The van der Waals surface area contributed by atoms with Crippen LogP contribution in [0.4, 0.5) is 0 Å². The molecule has 0 saturated carbocycles. The summed E-state index contributed by atoms with van der Waals surface area (Å²) in [6.45, 7) is 0. The third kappa shape index (κ3) is 3.55. The van der Waals surface area contributed by atoms with Crippen LogP contribution in [0.5, 0.6) is 11.5 Å². The Bertz CT molecular complexity index is 1150. The number of allylic oxidation sites excluding steroid dienone is 4. The second-order valence-electron chi connectivity index (χ2n) is 5.88. The molecule has 2 aromatic carbocycles. The number of hydrogen-bond acceptors (Lipinski definition) is 7. The Hall–Kier alpha value is -3.36. The van der Waals surface area contributed by atoms with Crippen molar-refractivity contribution in [2.75, 3.05) is 7.11 Å². The van der Waals surface area contributed by atoms with E-state index in [1.807, 2.05) is 0 Å². The predicted molar refractivity (Wildman–Crippen MR) is 101 cm³/mol. The molecule has 7 nitrogen and oxygen atoms in total. The summed E-state index contributed by atoms with van der Waals surface area (Å²) < 4.78 is 29.5. The van der Waals surface area contributed by atoms with Crippen molar-refractivity contribution in [3.8, 4) is 11.5 Å². The number of carbonyl (C=O) groups excluding carboxylic acids is 1. The first-order valence-corrected chi connectivity index (χ1v) is 9.45. The highest BCUT2D eigenvalue weighted by Gasteiger charge is 2.24. The summed E-state index contributed by atoms with van der Waals surface area (Å²) in [7, 11) is -3.05. The number of aliphatic hydroxyl groups excluding tert-OH is 1. The minimum absolute atomic E-state index is 0.134. The minimum atomic E-state index is -4.08. The molecule has 0 radical (unpaired) electrons. The molecule has 144 valence electrons. The number of ketones is 1. The van der Waals surface area contributed by atoms with Crippen LogP contribution < -0.4 is 0 Å². The van der Waals surface area contributed by atoms with Crippen LogP contribution in [0.1, 0.15) is 11.1 Å². The molecule has 1 aliphatic carbocycles. The zero-order valence-corrected chi connectivity index (χ0v) is 15.5. The van der Waals surface area contributed by atoms with Gasteiger partial charge in [0.25, 0.3) is 10.1 Å². The van der Waals surface area contributed by atoms with Gasteiger partial charge in [0.2, 0.25) is 5.78 Å². The highest BCUT2D eigenvalue weighted by atomic mass is 32.2. The topological polar surface area (TPSA) is 121 Å². The Kier molecular flexibility index (Phi) is 5.08. The first-order chi connectivity index (χ1) is 13.2. The summed E-state index contributed by atoms with van der Waals surface area (Å²) in [6, 6.07) is 10.0. The lowest BCUT2D eigenvalue weighted by atomic mass is 9.90. The van der Waals surface area contributed by atoms with Crippen LogP contribution in [0.2, 0.25) is 0 Å². The van der Waals surface area contributed by atoms with Gasteiger partial charge in [-0.1, -0.05) is 30.3 Å². The van der Waals surface area contributed by atoms with E-state index in [2.05, 4.69) is 4.18 Å². The smallest absolute Gasteiger partial charge is 0.297 e. The van der Waals surface area contributed by atoms with E-state index < -0.39 is 27.4 Å². The van der Waals surface area contributed by atoms with Crippen molar-refractivity contribution in [1.82, 2.24) is 0 Å². The fourth-order valence-electron chi connectivity index (χ4n) is 2.81. The van der Waals surface area contributed by atoms with Crippen LogP contribution >= 0.6 is 0 Å². The van der Waals surface area contributed by atoms with E-state index in [1.54, 1.807) is 6.07 Å². The Balaban J connectivity index is 2.39. The van der Waals surface area contributed by atoms with Gasteiger partial charge in [0.1, 0.15) is 4.90 Å². The van der Waals surface area contributed by atoms with E-state index in [4.69, 9.17) is 0 Å². The maximum absolute atomic E-state index is 12.4. The Morgan fingerprint density at radius 1 is 0.964 bits per heavy atom. The summed E-state index contributed by atoms with van der Waals surface area (Å²) in [5, 5.41) is 29.4. The average Bonchev–Trinajstić information content (AvgIpc) is 2.68. The maximum atomic E-state index is 12.4. The predicted octanol–water partition coefficient (Wildman–Crippen LogP) is 2.82. The molecule has 0 spiro atoms. The molecule has 2 aromatic rings. The molecule has 0 aromatic heterocycles. The first kappa shape index (κ1) is 19.4. The van der Waals surface area contributed by atoms with Gasteiger partial charge in [0, 0.05) is 5.56 Å². The molecule has 3 N–H and O–H groups in total. The zero-order chi connectivity index (χ0) is 20.5. The SMILES string of the molecule is COS(=O)(=O)c1ccccc1/C(=C1\C=CC(=O)C(O)=C1)c1ccc(O)c(O)c1. The number of aromatic hydroxyl groups is 2. The normalized spacial score (nSPS) is 16.0. The lowest BCUT2D eigenvalue weighted by molar-refractivity contribution is -0.113. The molecular weight excluding hydrogens is 384 g/mol. The fourth-order valence-corrected chi connectivity index (χ4v) is 3.67. The third-order valence-electron chi connectivity index (χ3n) is 4.16. The van der Waals surface area contributed by atoms with Gasteiger partial charge in [0.05, 0.1) is 7.11 Å². The van der Waals surface area contributed by atoms with Crippen LogP contribution in [0, 0.1) is 0 Å². The van der Waals surface area contributed by atoms with Crippen LogP contribution in [0.25, 0.3) is 5.57 Å². The maximum Gasteiger partial charge on any atom is 0.297 e. The summed E-state index contributed by atoms with van der Waals surface area (Å²) in [5.41, 5.74) is 1.22. The van der Waals surface area contributed by atoms with E-state index >= 15 is 0 Å². The monoisotopic (exact) mass is 400 g/mol. The van der Waals surface area contributed by atoms with Gasteiger partial charge in [-0.3, -0.25) is 8.98 Å². The van der Waals surface area contributed by atoms with Crippen molar-refractivity contribution in [2.45, 2.75) is 4.90 Å². The summed E-state index contributed by atoms with van der Waals surface area (Å²) in [4.78, 5) is 11.5. The molecule has 3 rings (SSSR count). The second kappa shape index (κ2) is 7.34. The van der Waals surface area contributed by atoms with Crippen LogP contribution in [-0.2, 0) is 19.1 Å². The molecule has 0 aliphatic heterocycles. The van der Waals surface area contributed by atoms with Gasteiger partial charge in [0.15, 0.2) is 17.3 Å². The van der Waals surface area contributed by atoms with E-state index in [-0.39, 0.29) is 16.2 Å². The summed E-state index contributed by atoms with van der Waals surface area (Å²) in [5.74, 6) is -1.86. The highest BCUT2D eigenvalue weighted by Crippen LogP contribution is 2.37. The van der Waals surface area contributed by atoms with Crippen molar-refractivity contribution in [1.29, 1.82) is 0 Å². The minimum Gasteiger partial charge on any atom is -0.504 e. The van der Waals surface area contributed by atoms with E-state index in [1.165, 1.54) is 48.6 Å². The molecule has 0 saturated heterocycles. The second-order valence-corrected chi connectivity index (χ2v) is 7.56. The van der Waals surface area contributed by atoms with Gasteiger partial charge in [-0.25, -0.2) is 0 Å². The quantitative estimate of drug-likeness (QED) is 0.533. The van der Waals surface area contributed by atoms with Gasteiger partial charge in [-0.05, 0) is 47.1 Å². The van der Waals surface area contributed by atoms with Crippen LogP contribution in [-0.4, -0.2) is 36.6 Å². The number of phenolic OH excluding ortho intramolecular Hbond substituents is 2. The van der Waals surface area contributed by atoms with E-state index in [0.29, 0.717) is 16.7 Å². The molecule has 0 heterocycles. The van der Waals surface area contributed by atoms with Crippen LogP contribution in [0.3, 0.4) is 0 Å². The van der Waals surface area contributed by atoms with Gasteiger partial charge in [-0.2, -0.15) is 8.42 Å². The summed E-state index contributed by atoms with van der Waals surface area (Å²) in [6.07, 6.45) is 3.79. The van der Waals surface area contributed by atoms with E-state index in [0.717, 1.165) is 13.2 Å². The number of phenols is 2. The summed E-state index contributed by atoms with van der Waals surface area (Å²) >= 11 is 0. The average molecular weight is 400 g/mol. The van der Waals surface area contributed by atoms with Gasteiger partial charge < -0.3 is 15.3 Å². The van der Waals surface area contributed by atoms with Gasteiger partial charge in [-0.15, -0.1) is 0 Å². The highest BCUT2D eigenvalue weighted by molar-refractivity contribution is 7.86. The number of hydrogen-bond donors (Lipinski definition) is 3. The molecule has 1 aliphatic rings. The van der Waals surface area contributed by atoms with Crippen molar-refractivity contribution < 1.29 is 32.7 Å². The van der Waals surface area contributed by atoms with E-state index in [9.17, 15) is 28.5 Å². The molecular formula is C20H16O7S. The Morgan fingerprint density at radius 2 is 1.68 bits per heavy atom. The van der Waals surface area contributed by atoms with Gasteiger partial charge >= 0.3 is 0 Å². The number of aliphatic hydroxyl groups is 1. The molecule has 8 heteroatoms. The Labute approximate surface area is 161 Å². The fraction of sp³-hybridized carbons (Fsp3) is 0.0500. The molecule has 0 bridgehead atoms. The zero-order valence-electron chi connectivity index (χ0n) is 14.7. The molecule has 0 unspecified atom stereocenters. The van der Waals surface area contributed by atoms with Crippen molar-refractivity contribution in [3.63, 3.8) is 0 Å². The Morgan fingerprint density at radius 3 is 2.32 bits per heavy atom. The molecule has 0 atom stereocenters. The molecule has 0 amide bonds. The first-order valence-electron chi connectivity index (χ1n) is 8.04. The van der Waals surface area contributed by atoms with Crippen molar-refractivity contribution >= 4 is 21.5 Å². The van der Waals surface area contributed by atoms with Crippen molar-refractivity contribution in [3.05, 3.63) is 83.2 Å². The van der Waals surface area contributed by atoms with Crippen molar-refractivity contribution in [2.24, 2.45) is 0 Å². The van der Waals surface area contributed by atoms with Crippen LogP contribution in [0.15, 0.2) is 76.9 Å². The largest absolute Gasteiger partial charge is 0.504 e. The lowest BCUT2D eigenvalue weighted by Gasteiger charge is -2.17. The third-order valence-corrected chi connectivity index (χ3v) is 5.49. The standard InChI is InChI=1S/C20H16O7S/c1-27-28(25,26)19-5-3-2-4-14(19)20(12-6-8-15(21)17(23)10-12)13-7-9-16(22)18(24)11-13/h2-11,21,23-24H,1H3/b20-13+.